The number of hydrogen-bond donors (Lipinski definition) is 2. The molecule has 0 aliphatic carbocycles. The molecule has 2 N–H and O–H groups in total. The van der Waals surface area contributed by atoms with Crippen molar-refractivity contribution in [2.24, 2.45) is 0 Å². The van der Waals surface area contributed by atoms with Gasteiger partial charge in [-0.15, -0.1) is 0 Å². The van der Waals surface area contributed by atoms with E-state index in [1.165, 1.54) is 6.92 Å². The number of piperidine rings is 1. The number of ether oxygens (including phenoxy) is 1. The van der Waals surface area contributed by atoms with Crippen LogP contribution in [0.4, 0.5) is 16.2 Å². The van der Waals surface area contributed by atoms with Gasteiger partial charge in [0.05, 0.1) is 6.10 Å². The van der Waals surface area contributed by atoms with Gasteiger partial charge in [-0.3, -0.25) is 4.79 Å². The zero-order valence-electron chi connectivity index (χ0n) is 14.7. The molecule has 0 bridgehead atoms. The molecular weight excluding hydrogens is 306 g/mol. The van der Waals surface area contributed by atoms with Crippen molar-refractivity contribution in [2.45, 2.75) is 46.1 Å². The fraction of sp³-hybridized carbons (Fsp3) is 0.556. The maximum atomic E-state index is 12.5. The van der Waals surface area contributed by atoms with E-state index in [9.17, 15) is 9.59 Å². The molecule has 0 aromatic heterocycles. The molecular formula is C18H27N3O3. The van der Waals surface area contributed by atoms with Crippen molar-refractivity contribution < 1.29 is 14.3 Å². The van der Waals surface area contributed by atoms with Gasteiger partial charge in [0.15, 0.2) is 0 Å². The summed E-state index contributed by atoms with van der Waals surface area (Å²) in [4.78, 5) is 25.5. The minimum Gasteiger partial charge on any atom is -0.376 e. The van der Waals surface area contributed by atoms with Gasteiger partial charge in [0, 0.05) is 38.0 Å². The van der Waals surface area contributed by atoms with Crippen molar-refractivity contribution in [1.82, 2.24) is 4.90 Å². The first-order chi connectivity index (χ1) is 11.5. The molecule has 2 rings (SSSR count). The molecule has 132 valence electrons. The van der Waals surface area contributed by atoms with Crippen LogP contribution >= 0.6 is 0 Å². The lowest BCUT2D eigenvalue weighted by Crippen LogP contribution is -2.45. The zero-order valence-corrected chi connectivity index (χ0v) is 14.7. The first-order valence-electron chi connectivity index (χ1n) is 8.55. The van der Waals surface area contributed by atoms with Crippen molar-refractivity contribution >= 4 is 23.3 Å². The van der Waals surface area contributed by atoms with Crippen molar-refractivity contribution in [3.63, 3.8) is 0 Å². The Hall–Kier alpha value is -2.08. The highest BCUT2D eigenvalue weighted by Gasteiger charge is 2.24. The minimum absolute atomic E-state index is 0.122. The number of carbonyl (C=O) groups is 2. The third kappa shape index (κ3) is 5.23. The lowest BCUT2D eigenvalue weighted by Gasteiger charge is -2.32. The quantitative estimate of drug-likeness (QED) is 0.868. The van der Waals surface area contributed by atoms with E-state index in [1.807, 2.05) is 19.1 Å². The van der Waals surface area contributed by atoms with Gasteiger partial charge in [0.1, 0.15) is 0 Å². The van der Waals surface area contributed by atoms with Gasteiger partial charge in [0.2, 0.25) is 5.91 Å². The molecule has 1 aliphatic rings. The van der Waals surface area contributed by atoms with Crippen molar-refractivity contribution in [2.75, 3.05) is 30.3 Å². The Kier molecular flexibility index (Phi) is 6.61. The van der Waals surface area contributed by atoms with Crippen LogP contribution in [0, 0.1) is 6.92 Å². The molecule has 6 heteroatoms. The second-order valence-electron chi connectivity index (χ2n) is 6.22. The molecule has 0 radical (unpaired) electrons. The number of urea groups is 1. The van der Waals surface area contributed by atoms with Gasteiger partial charge in [-0.25, -0.2) is 4.79 Å². The number of nitrogens with one attached hydrogen (secondary N) is 2. The summed E-state index contributed by atoms with van der Waals surface area (Å²) in [5.74, 6) is -0.136. The number of carbonyl (C=O) groups excluding carboxylic acids is 2. The van der Waals surface area contributed by atoms with Crippen LogP contribution in [-0.2, 0) is 9.53 Å². The topological polar surface area (TPSA) is 70.7 Å². The lowest BCUT2D eigenvalue weighted by atomic mass is 10.1. The van der Waals surface area contributed by atoms with E-state index in [4.69, 9.17) is 4.74 Å². The van der Waals surface area contributed by atoms with Crippen LogP contribution in [0.3, 0.4) is 0 Å². The van der Waals surface area contributed by atoms with Gasteiger partial charge in [-0.2, -0.15) is 0 Å². The Labute approximate surface area is 143 Å². The molecule has 1 atom stereocenters. The first-order valence-corrected chi connectivity index (χ1v) is 8.55. The largest absolute Gasteiger partial charge is 0.376 e. The predicted octanol–water partition coefficient (Wildman–Crippen LogP) is 3.38. The molecule has 3 amide bonds. The lowest BCUT2D eigenvalue weighted by molar-refractivity contribution is -0.114. The van der Waals surface area contributed by atoms with E-state index in [-0.39, 0.29) is 18.0 Å². The third-order valence-corrected chi connectivity index (χ3v) is 4.02. The zero-order chi connectivity index (χ0) is 17.5. The maximum Gasteiger partial charge on any atom is 0.321 e. The summed E-state index contributed by atoms with van der Waals surface area (Å²) in [5, 5.41) is 5.68. The standard InChI is InChI=1S/C18H27N3O3/c1-4-10-24-16-6-5-9-21(12-16)18(23)20-17-11-15(19-14(3)22)8-7-13(17)2/h7-8,11,16H,4-6,9-10,12H2,1-3H3,(H,19,22)(H,20,23)/t16-/m1/s1. The van der Waals surface area contributed by atoms with Crippen molar-refractivity contribution in [3.05, 3.63) is 23.8 Å². The summed E-state index contributed by atoms with van der Waals surface area (Å²) >= 11 is 0. The number of anilines is 2. The van der Waals surface area contributed by atoms with Crippen LogP contribution in [0.2, 0.25) is 0 Å². The van der Waals surface area contributed by atoms with E-state index in [1.54, 1.807) is 11.0 Å². The highest BCUT2D eigenvalue weighted by molar-refractivity contribution is 5.93. The molecule has 24 heavy (non-hydrogen) atoms. The molecule has 1 saturated heterocycles. The number of rotatable bonds is 5. The number of benzene rings is 1. The SMILES string of the molecule is CCCO[C@@H]1CCCN(C(=O)Nc2cc(NC(C)=O)ccc2C)C1. The minimum atomic E-state index is -0.136. The molecule has 0 saturated carbocycles. The average molecular weight is 333 g/mol. The Morgan fingerprint density at radius 3 is 2.83 bits per heavy atom. The second kappa shape index (κ2) is 8.68. The summed E-state index contributed by atoms with van der Waals surface area (Å²) in [6, 6.07) is 5.36. The fourth-order valence-corrected chi connectivity index (χ4v) is 2.78. The maximum absolute atomic E-state index is 12.5. The number of aryl methyl sites for hydroxylation is 1. The van der Waals surface area contributed by atoms with E-state index >= 15 is 0 Å². The molecule has 1 aromatic carbocycles. The molecule has 1 fully saturated rings. The fourth-order valence-electron chi connectivity index (χ4n) is 2.78. The first kappa shape index (κ1) is 18.3. The van der Waals surface area contributed by atoms with Crippen LogP contribution in [0.25, 0.3) is 0 Å². The number of amides is 3. The molecule has 6 nitrogen and oxygen atoms in total. The average Bonchev–Trinajstić information content (AvgIpc) is 2.55. The Morgan fingerprint density at radius 1 is 1.33 bits per heavy atom. The van der Waals surface area contributed by atoms with E-state index in [2.05, 4.69) is 17.6 Å². The molecule has 1 aliphatic heterocycles. The Bertz CT molecular complexity index is 589. The van der Waals surface area contributed by atoms with Gasteiger partial charge in [-0.05, 0) is 43.9 Å². The van der Waals surface area contributed by atoms with Gasteiger partial charge >= 0.3 is 6.03 Å². The smallest absolute Gasteiger partial charge is 0.321 e. The molecule has 0 unspecified atom stereocenters. The summed E-state index contributed by atoms with van der Waals surface area (Å²) in [5.41, 5.74) is 2.34. The van der Waals surface area contributed by atoms with E-state index in [0.29, 0.717) is 17.9 Å². The summed E-state index contributed by atoms with van der Waals surface area (Å²) in [6.07, 6.45) is 3.06. The van der Waals surface area contributed by atoms with Crippen LogP contribution in [-0.4, -0.2) is 42.6 Å². The second-order valence-corrected chi connectivity index (χ2v) is 6.22. The highest BCUT2D eigenvalue weighted by Crippen LogP contribution is 2.22. The van der Waals surface area contributed by atoms with Gasteiger partial charge < -0.3 is 20.3 Å². The Balaban J connectivity index is 1.99. The van der Waals surface area contributed by atoms with E-state index < -0.39 is 0 Å². The van der Waals surface area contributed by atoms with Crippen LogP contribution in [0.5, 0.6) is 0 Å². The summed E-state index contributed by atoms with van der Waals surface area (Å²) in [7, 11) is 0. The number of likely N-dealkylation sites (tertiary alicyclic amines) is 1. The van der Waals surface area contributed by atoms with Crippen LogP contribution < -0.4 is 10.6 Å². The van der Waals surface area contributed by atoms with Crippen molar-refractivity contribution in [1.29, 1.82) is 0 Å². The molecule has 1 aromatic rings. The number of hydrogen-bond acceptors (Lipinski definition) is 3. The Morgan fingerprint density at radius 2 is 2.12 bits per heavy atom. The summed E-state index contributed by atoms with van der Waals surface area (Å²) in [6.45, 7) is 7.56. The molecule has 1 heterocycles. The number of nitrogens with zero attached hydrogens (tertiary/aromatic N) is 1. The predicted molar refractivity (Wildman–Crippen MR) is 95.3 cm³/mol. The van der Waals surface area contributed by atoms with Crippen molar-refractivity contribution in [3.8, 4) is 0 Å². The van der Waals surface area contributed by atoms with Gasteiger partial charge in [-0.1, -0.05) is 13.0 Å². The van der Waals surface area contributed by atoms with E-state index in [0.717, 1.165) is 38.0 Å². The normalized spacial score (nSPS) is 17.5. The highest BCUT2D eigenvalue weighted by atomic mass is 16.5. The summed E-state index contributed by atoms with van der Waals surface area (Å²) < 4.78 is 5.78. The monoisotopic (exact) mass is 333 g/mol. The van der Waals surface area contributed by atoms with Crippen LogP contribution in [0.1, 0.15) is 38.7 Å². The van der Waals surface area contributed by atoms with Gasteiger partial charge in [0.25, 0.3) is 0 Å². The van der Waals surface area contributed by atoms with Crippen LogP contribution in [0.15, 0.2) is 18.2 Å². The molecule has 0 spiro atoms. The third-order valence-electron chi connectivity index (χ3n) is 4.02.